The molecule has 0 aliphatic rings. The van der Waals surface area contributed by atoms with E-state index in [9.17, 15) is 4.79 Å². The first-order chi connectivity index (χ1) is 11.0. The average molecular weight is 331 g/mol. The van der Waals surface area contributed by atoms with E-state index in [1.807, 2.05) is 20.0 Å². The van der Waals surface area contributed by atoms with Crippen molar-refractivity contribution in [1.82, 2.24) is 14.8 Å². The van der Waals surface area contributed by atoms with Crippen LogP contribution in [-0.2, 0) is 11.8 Å². The number of aromatic nitrogens is 3. The fourth-order valence-corrected chi connectivity index (χ4v) is 2.47. The fraction of sp³-hybridized carbons (Fsp3) is 0.188. The van der Waals surface area contributed by atoms with Crippen LogP contribution < -0.4 is 10.1 Å². The van der Waals surface area contributed by atoms with Crippen LogP contribution in [-0.4, -0.2) is 27.3 Å². The van der Waals surface area contributed by atoms with Crippen LogP contribution in [0, 0.1) is 6.92 Å². The van der Waals surface area contributed by atoms with Gasteiger partial charge in [0.25, 0.3) is 5.91 Å². The van der Waals surface area contributed by atoms with Crippen molar-refractivity contribution in [2.45, 2.75) is 6.92 Å². The Balaban J connectivity index is 1.68. The predicted molar refractivity (Wildman–Crippen MR) is 88.8 cm³/mol. The molecule has 0 bridgehead atoms. The number of carbonyl (C=O) groups is 1. The van der Waals surface area contributed by atoms with Crippen molar-refractivity contribution in [3.05, 3.63) is 47.2 Å². The molecule has 6 nitrogen and oxygen atoms in total. The molecule has 3 aromatic rings. The molecule has 0 saturated heterocycles. The van der Waals surface area contributed by atoms with Crippen LogP contribution in [0.2, 0.25) is 5.02 Å². The van der Waals surface area contributed by atoms with E-state index in [-0.39, 0.29) is 12.5 Å². The molecule has 0 aliphatic heterocycles. The third-order valence-electron chi connectivity index (χ3n) is 3.34. The summed E-state index contributed by atoms with van der Waals surface area (Å²) in [4.78, 5) is 16.3. The Morgan fingerprint density at radius 1 is 1.39 bits per heavy atom. The van der Waals surface area contributed by atoms with Crippen LogP contribution in [0.1, 0.15) is 5.69 Å². The second kappa shape index (κ2) is 6.26. The van der Waals surface area contributed by atoms with E-state index in [1.165, 1.54) is 0 Å². The summed E-state index contributed by atoms with van der Waals surface area (Å²) in [5, 5.41) is 8.42. The summed E-state index contributed by atoms with van der Waals surface area (Å²) in [6, 6.07) is 8.85. The molecule has 23 heavy (non-hydrogen) atoms. The number of nitrogens with one attached hydrogen (secondary N) is 1. The molecule has 1 amide bonds. The molecule has 0 aliphatic carbocycles. The molecule has 0 fully saturated rings. The monoisotopic (exact) mass is 330 g/mol. The minimum absolute atomic E-state index is 0.131. The predicted octanol–water partition coefficient (Wildman–Crippen LogP) is 2.95. The Morgan fingerprint density at radius 3 is 2.96 bits per heavy atom. The van der Waals surface area contributed by atoms with Crippen LogP contribution >= 0.6 is 11.6 Å². The van der Waals surface area contributed by atoms with Gasteiger partial charge in [-0.2, -0.15) is 5.10 Å². The van der Waals surface area contributed by atoms with Gasteiger partial charge >= 0.3 is 0 Å². The van der Waals surface area contributed by atoms with E-state index < -0.39 is 0 Å². The number of ether oxygens (including phenoxy) is 1. The molecule has 1 aromatic carbocycles. The maximum absolute atomic E-state index is 12.0. The summed E-state index contributed by atoms with van der Waals surface area (Å²) in [7, 11) is 1.83. The van der Waals surface area contributed by atoms with E-state index in [4.69, 9.17) is 16.3 Å². The summed E-state index contributed by atoms with van der Waals surface area (Å²) >= 11 is 5.98. The number of anilines is 1. The highest BCUT2D eigenvalue weighted by Gasteiger charge is 2.10. The van der Waals surface area contributed by atoms with Gasteiger partial charge in [0.1, 0.15) is 5.75 Å². The van der Waals surface area contributed by atoms with Crippen LogP contribution in [0.3, 0.4) is 0 Å². The number of pyridine rings is 1. The smallest absolute Gasteiger partial charge is 0.262 e. The number of hydrogen-bond acceptors (Lipinski definition) is 4. The summed E-state index contributed by atoms with van der Waals surface area (Å²) in [5.41, 5.74) is 2.23. The van der Waals surface area contributed by atoms with Crippen LogP contribution in [0.15, 0.2) is 36.5 Å². The Morgan fingerprint density at radius 2 is 2.17 bits per heavy atom. The van der Waals surface area contributed by atoms with E-state index >= 15 is 0 Å². The van der Waals surface area contributed by atoms with Gasteiger partial charge < -0.3 is 10.1 Å². The normalized spacial score (nSPS) is 10.7. The molecule has 0 radical (unpaired) electrons. The molecular formula is C16H15ClN4O2. The third-order valence-corrected chi connectivity index (χ3v) is 3.65. The molecular weight excluding hydrogens is 316 g/mol. The molecule has 1 N–H and O–H groups in total. The zero-order valence-corrected chi connectivity index (χ0v) is 13.5. The fourth-order valence-electron chi connectivity index (χ4n) is 2.28. The van der Waals surface area contributed by atoms with Gasteiger partial charge in [-0.15, -0.1) is 0 Å². The van der Waals surface area contributed by atoms with Gasteiger partial charge in [0.2, 0.25) is 0 Å². The molecule has 0 saturated carbocycles. The Labute approximate surface area is 138 Å². The number of para-hydroxylation sites is 1. The first kappa shape index (κ1) is 15.3. The number of rotatable bonds is 4. The zero-order valence-electron chi connectivity index (χ0n) is 12.7. The van der Waals surface area contributed by atoms with Gasteiger partial charge in [-0.05, 0) is 25.1 Å². The van der Waals surface area contributed by atoms with Crippen molar-refractivity contribution in [3.8, 4) is 5.75 Å². The molecule has 2 aromatic heterocycles. The van der Waals surface area contributed by atoms with Gasteiger partial charge in [-0.3, -0.25) is 9.48 Å². The molecule has 7 heteroatoms. The third kappa shape index (κ3) is 3.27. The number of hydrogen-bond donors (Lipinski definition) is 1. The van der Waals surface area contributed by atoms with Gasteiger partial charge in [0.15, 0.2) is 12.3 Å². The number of aryl methyl sites for hydroxylation is 2. The summed E-state index contributed by atoms with van der Waals surface area (Å²) in [5.74, 6) is 0.189. The highest BCUT2D eigenvalue weighted by atomic mass is 35.5. The highest BCUT2D eigenvalue weighted by molar-refractivity contribution is 6.32. The molecule has 0 spiro atoms. The minimum atomic E-state index is -0.285. The highest BCUT2D eigenvalue weighted by Crippen LogP contribution is 2.23. The Kier molecular flexibility index (Phi) is 4.16. The maximum Gasteiger partial charge on any atom is 0.262 e. The van der Waals surface area contributed by atoms with E-state index in [0.717, 1.165) is 16.7 Å². The molecule has 0 atom stereocenters. The summed E-state index contributed by atoms with van der Waals surface area (Å²) < 4.78 is 7.11. The van der Waals surface area contributed by atoms with Crippen molar-refractivity contribution in [2.75, 3.05) is 11.9 Å². The Hall–Kier alpha value is -2.60. The Bertz CT molecular complexity index is 876. The lowest BCUT2D eigenvalue weighted by Gasteiger charge is -2.08. The lowest BCUT2D eigenvalue weighted by atomic mass is 10.2. The molecule has 118 valence electrons. The second-order valence-electron chi connectivity index (χ2n) is 5.07. The standard InChI is InChI=1S/C16H15ClN4O2/c1-10-12-7-11(8-18-16(12)21(2)20-10)19-15(22)9-23-14-6-4-3-5-13(14)17/h3-8H,9H2,1-2H3,(H,19,22). The summed E-state index contributed by atoms with van der Waals surface area (Å²) in [6.07, 6.45) is 1.59. The van der Waals surface area contributed by atoms with Gasteiger partial charge in [0.05, 0.1) is 22.6 Å². The molecule has 2 heterocycles. The average Bonchev–Trinajstić information content (AvgIpc) is 2.81. The van der Waals surface area contributed by atoms with Crippen molar-refractivity contribution >= 4 is 34.2 Å². The van der Waals surface area contributed by atoms with Crippen molar-refractivity contribution < 1.29 is 9.53 Å². The number of nitrogens with zero attached hydrogens (tertiary/aromatic N) is 3. The quantitative estimate of drug-likeness (QED) is 0.798. The zero-order chi connectivity index (χ0) is 16.4. The number of benzene rings is 1. The van der Waals surface area contributed by atoms with Gasteiger partial charge in [0, 0.05) is 12.4 Å². The topological polar surface area (TPSA) is 69.0 Å². The lowest BCUT2D eigenvalue weighted by molar-refractivity contribution is -0.118. The number of fused-ring (bicyclic) bond motifs is 1. The van der Waals surface area contributed by atoms with Crippen molar-refractivity contribution in [3.63, 3.8) is 0 Å². The van der Waals surface area contributed by atoms with E-state index in [1.54, 1.807) is 35.1 Å². The largest absolute Gasteiger partial charge is 0.482 e. The molecule has 0 unspecified atom stereocenters. The van der Waals surface area contributed by atoms with Crippen LogP contribution in [0.4, 0.5) is 5.69 Å². The minimum Gasteiger partial charge on any atom is -0.482 e. The summed E-state index contributed by atoms with van der Waals surface area (Å²) in [6.45, 7) is 1.77. The van der Waals surface area contributed by atoms with E-state index in [2.05, 4.69) is 15.4 Å². The molecule has 3 rings (SSSR count). The van der Waals surface area contributed by atoms with Crippen molar-refractivity contribution in [2.24, 2.45) is 7.05 Å². The van der Waals surface area contributed by atoms with Crippen molar-refractivity contribution in [1.29, 1.82) is 0 Å². The van der Waals surface area contributed by atoms with Crippen LogP contribution in [0.5, 0.6) is 5.75 Å². The first-order valence-corrected chi connectivity index (χ1v) is 7.39. The van der Waals surface area contributed by atoms with E-state index in [0.29, 0.717) is 16.5 Å². The van der Waals surface area contributed by atoms with Crippen LogP contribution in [0.25, 0.3) is 11.0 Å². The maximum atomic E-state index is 12.0. The van der Waals surface area contributed by atoms with Gasteiger partial charge in [-0.25, -0.2) is 4.98 Å². The number of halogens is 1. The number of amides is 1. The first-order valence-electron chi connectivity index (χ1n) is 7.01. The second-order valence-corrected chi connectivity index (χ2v) is 5.48. The SMILES string of the molecule is Cc1nn(C)c2ncc(NC(=O)COc3ccccc3Cl)cc12. The van der Waals surface area contributed by atoms with Gasteiger partial charge in [-0.1, -0.05) is 23.7 Å². The lowest BCUT2D eigenvalue weighted by Crippen LogP contribution is -2.20. The number of carbonyl (C=O) groups excluding carboxylic acids is 1.